The number of rotatable bonds is 3. The predicted octanol–water partition coefficient (Wildman–Crippen LogP) is -0.859. The van der Waals surface area contributed by atoms with E-state index in [-0.39, 0.29) is 13.2 Å². The van der Waals surface area contributed by atoms with Crippen LogP contribution in [0, 0.1) is 6.92 Å². The average molecular weight is 256 g/mol. The summed E-state index contributed by atoms with van der Waals surface area (Å²) < 4.78 is 12.0. The van der Waals surface area contributed by atoms with Gasteiger partial charge in [0.05, 0.1) is 13.2 Å². The molecule has 2 heterocycles. The summed E-state index contributed by atoms with van der Waals surface area (Å²) in [5, 5.41) is 9.30. The highest BCUT2D eigenvalue weighted by atomic mass is 16.6. The van der Waals surface area contributed by atoms with Crippen LogP contribution in [0.15, 0.2) is 15.8 Å². The molecule has 18 heavy (non-hydrogen) atoms. The molecule has 1 aliphatic rings. The van der Waals surface area contributed by atoms with Crippen LogP contribution in [0.4, 0.5) is 0 Å². The number of aromatic amines is 1. The Kier molecular flexibility index (Phi) is 3.38. The van der Waals surface area contributed by atoms with Crippen molar-refractivity contribution in [3.63, 3.8) is 0 Å². The predicted molar refractivity (Wildman–Crippen MR) is 62.5 cm³/mol. The maximum absolute atomic E-state index is 11.7. The minimum absolute atomic E-state index is 0.183. The molecule has 2 N–H and O–H groups in total. The van der Waals surface area contributed by atoms with Crippen molar-refractivity contribution in [1.82, 2.24) is 9.55 Å². The van der Waals surface area contributed by atoms with Gasteiger partial charge in [0, 0.05) is 25.3 Å². The minimum Gasteiger partial charge on any atom is -0.393 e. The summed E-state index contributed by atoms with van der Waals surface area (Å²) in [5.41, 5.74) is -1.29. The third-order valence-electron chi connectivity index (χ3n) is 3.26. The lowest BCUT2D eigenvalue weighted by atomic mass is 10.0. The number of aromatic nitrogens is 2. The van der Waals surface area contributed by atoms with Crippen molar-refractivity contribution in [1.29, 1.82) is 0 Å². The minimum atomic E-state index is -0.784. The van der Waals surface area contributed by atoms with Gasteiger partial charge in [-0.15, -0.1) is 0 Å². The van der Waals surface area contributed by atoms with Crippen molar-refractivity contribution in [2.75, 3.05) is 20.3 Å². The van der Waals surface area contributed by atoms with Crippen LogP contribution >= 0.6 is 0 Å². The number of aliphatic hydroxyl groups excluding tert-OH is 1. The summed E-state index contributed by atoms with van der Waals surface area (Å²) in [6.45, 7) is 1.63. The van der Waals surface area contributed by atoms with Gasteiger partial charge in [-0.25, -0.2) is 4.79 Å². The topological polar surface area (TPSA) is 93.5 Å². The maximum atomic E-state index is 11.7. The number of hydrogen-bond donors (Lipinski definition) is 2. The van der Waals surface area contributed by atoms with Gasteiger partial charge in [-0.05, 0) is 6.92 Å². The van der Waals surface area contributed by atoms with E-state index in [1.807, 2.05) is 0 Å². The number of aryl methyl sites for hydroxylation is 1. The average Bonchev–Trinajstić information content (AvgIpc) is 2.79. The highest BCUT2D eigenvalue weighted by Crippen LogP contribution is 2.32. The molecule has 0 bridgehead atoms. The van der Waals surface area contributed by atoms with Gasteiger partial charge in [0.25, 0.3) is 5.56 Å². The number of hydrogen-bond acceptors (Lipinski definition) is 5. The first kappa shape index (κ1) is 13.0. The Morgan fingerprint density at radius 1 is 1.67 bits per heavy atom. The highest BCUT2D eigenvalue weighted by molar-refractivity contribution is 5.02. The summed E-state index contributed by atoms with van der Waals surface area (Å²) in [7, 11) is 1.49. The Morgan fingerprint density at radius 3 is 2.94 bits per heavy atom. The first-order chi connectivity index (χ1) is 8.51. The number of ether oxygens (including phenoxy) is 2. The fraction of sp³-hybridized carbons (Fsp3) is 0.636. The summed E-state index contributed by atoms with van der Waals surface area (Å²) >= 11 is 0. The Labute approximate surface area is 103 Å². The molecule has 1 aromatic rings. The van der Waals surface area contributed by atoms with E-state index in [0.29, 0.717) is 12.0 Å². The Hall–Kier alpha value is -1.44. The standard InChI is InChI=1S/C11H16N2O5/c1-7-4-13(10(16)12-9(7)15)8-3-11(5-14,17-2)6-18-8/h4,8,14H,3,5-6H2,1-2H3,(H,12,15,16)/t8-,11-/m1/s1. The molecular weight excluding hydrogens is 240 g/mol. The second-order valence-corrected chi connectivity index (χ2v) is 4.49. The van der Waals surface area contributed by atoms with Gasteiger partial charge in [0.2, 0.25) is 0 Å². The molecule has 0 unspecified atom stereocenters. The molecule has 1 saturated heterocycles. The van der Waals surface area contributed by atoms with Crippen LogP contribution in [-0.4, -0.2) is 40.6 Å². The molecule has 0 saturated carbocycles. The van der Waals surface area contributed by atoms with Crippen LogP contribution in [0.5, 0.6) is 0 Å². The molecular formula is C11H16N2O5. The molecule has 0 radical (unpaired) electrons. The van der Waals surface area contributed by atoms with E-state index < -0.39 is 23.1 Å². The number of methoxy groups -OCH3 is 1. The molecule has 1 fully saturated rings. The molecule has 0 amide bonds. The van der Waals surface area contributed by atoms with Crippen LogP contribution < -0.4 is 11.2 Å². The Bertz CT molecular complexity index is 543. The zero-order valence-electron chi connectivity index (χ0n) is 10.3. The van der Waals surface area contributed by atoms with Gasteiger partial charge in [0.15, 0.2) is 0 Å². The fourth-order valence-electron chi connectivity index (χ4n) is 1.98. The van der Waals surface area contributed by atoms with Crippen molar-refractivity contribution in [2.45, 2.75) is 25.2 Å². The highest BCUT2D eigenvalue weighted by Gasteiger charge is 2.41. The largest absolute Gasteiger partial charge is 0.393 e. The molecule has 1 aromatic heterocycles. The Balaban J connectivity index is 2.33. The van der Waals surface area contributed by atoms with Crippen molar-refractivity contribution in [3.8, 4) is 0 Å². The molecule has 2 rings (SSSR count). The monoisotopic (exact) mass is 256 g/mol. The van der Waals surface area contributed by atoms with E-state index in [9.17, 15) is 14.7 Å². The molecule has 7 heteroatoms. The van der Waals surface area contributed by atoms with Gasteiger partial charge in [-0.3, -0.25) is 14.3 Å². The lowest BCUT2D eigenvalue weighted by Crippen LogP contribution is -2.37. The third-order valence-corrected chi connectivity index (χ3v) is 3.26. The second-order valence-electron chi connectivity index (χ2n) is 4.49. The SMILES string of the molecule is CO[C@]1(CO)CO[C@@H](n2cc(C)c(=O)[nH]c2=O)C1. The normalized spacial score (nSPS) is 27.6. The summed E-state index contributed by atoms with van der Waals surface area (Å²) in [5.74, 6) is 0. The quantitative estimate of drug-likeness (QED) is 0.734. The summed E-state index contributed by atoms with van der Waals surface area (Å²) in [6.07, 6.45) is 1.26. The number of nitrogens with one attached hydrogen (secondary N) is 1. The lowest BCUT2D eigenvalue weighted by Gasteiger charge is -2.22. The first-order valence-corrected chi connectivity index (χ1v) is 5.61. The first-order valence-electron chi connectivity index (χ1n) is 5.61. The fourth-order valence-corrected chi connectivity index (χ4v) is 1.98. The van der Waals surface area contributed by atoms with E-state index in [0.717, 1.165) is 0 Å². The zero-order chi connectivity index (χ0) is 13.3. The van der Waals surface area contributed by atoms with E-state index >= 15 is 0 Å². The van der Waals surface area contributed by atoms with Crippen LogP contribution in [0.2, 0.25) is 0 Å². The smallest absolute Gasteiger partial charge is 0.330 e. The molecule has 0 aromatic carbocycles. The number of aliphatic hydroxyl groups is 1. The molecule has 0 aliphatic carbocycles. The molecule has 2 atom stereocenters. The van der Waals surface area contributed by atoms with E-state index in [2.05, 4.69) is 4.98 Å². The van der Waals surface area contributed by atoms with Crippen LogP contribution in [0.3, 0.4) is 0 Å². The number of H-pyrrole nitrogens is 1. The third kappa shape index (κ3) is 2.12. The van der Waals surface area contributed by atoms with Crippen molar-refractivity contribution >= 4 is 0 Å². The molecule has 7 nitrogen and oxygen atoms in total. The molecule has 1 aliphatic heterocycles. The van der Waals surface area contributed by atoms with Crippen molar-refractivity contribution in [2.24, 2.45) is 0 Å². The van der Waals surface area contributed by atoms with E-state index in [1.165, 1.54) is 17.9 Å². The van der Waals surface area contributed by atoms with Gasteiger partial charge < -0.3 is 14.6 Å². The van der Waals surface area contributed by atoms with Crippen molar-refractivity contribution < 1.29 is 14.6 Å². The van der Waals surface area contributed by atoms with Gasteiger partial charge in [-0.2, -0.15) is 0 Å². The summed E-state index contributed by atoms with van der Waals surface area (Å²) in [6, 6.07) is 0. The molecule has 0 spiro atoms. The van der Waals surface area contributed by atoms with Gasteiger partial charge in [0.1, 0.15) is 11.8 Å². The molecule has 100 valence electrons. The van der Waals surface area contributed by atoms with Crippen molar-refractivity contribution in [3.05, 3.63) is 32.6 Å². The number of nitrogens with zero attached hydrogens (tertiary/aromatic N) is 1. The summed E-state index contributed by atoms with van der Waals surface area (Å²) in [4.78, 5) is 25.2. The van der Waals surface area contributed by atoms with Crippen LogP contribution in [0.25, 0.3) is 0 Å². The van der Waals surface area contributed by atoms with Crippen LogP contribution in [0.1, 0.15) is 18.2 Å². The Morgan fingerprint density at radius 2 is 2.39 bits per heavy atom. The van der Waals surface area contributed by atoms with Gasteiger partial charge >= 0.3 is 5.69 Å². The van der Waals surface area contributed by atoms with Crippen LogP contribution in [-0.2, 0) is 9.47 Å². The van der Waals surface area contributed by atoms with E-state index in [4.69, 9.17) is 9.47 Å². The van der Waals surface area contributed by atoms with Gasteiger partial charge in [-0.1, -0.05) is 0 Å². The maximum Gasteiger partial charge on any atom is 0.330 e. The van der Waals surface area contributed by atoms with E-state index in [1.54, 1.807) is 6.92 Å². The lowest BCUT2D eigenvalue weighted by molar-refractivity contribution is -0.0557. The zero-order valence-corrected chi connectivity index (χ0v) is 10.3. The second kappa shape index (κ2) is 4.68.